The number of carbonyl (C=O) groups excluding carboxylic acids is 1. The number of carboxylic acid groups (broad SMARTS) is 1. The third-order valence-corrected chi connectivity index (χ3v) is 2.72. The number of hydrogen-bond donors (Lipinski definition) is 2. The first kappa shape index (κ1) is 10.4. The van der Waals surface area contributed by atoms with E-state index in [0.29, 0.717) is 0 Å². The van der Waals surface area contributed by atoms with Gasteiger partial charge in [-0.1, -0.05) is 0 Å². The van der Waals surface area contributed by atoms with Crippen molar-refractivity contribution in [3.05, 3.63) is 11.0 Å². The Morgan fingerprint density at radius 1 is 1.50 bits per heavy atom. The Labute approximate surface area is 79.2 Å². The molecule has 0 bridgehead atoms. The number of carbonyl (C=O) groups is 2. The summed E-state index contributed by atoms with van der Waals surface area (Å²) in [7, 11) is -2.92. The SMILES string of the molecule is CNC(=O)C1=NS(=O)(=O)C(C(=O)O)=C1. The van der Waals surface area contributed by atoms with Crippen LogP contribution in [-0.2, 0) is 19.6 Å². The van der Waals surface area contributed by atoms with E-state index in [0.717, 1.165) is 6.08 Å². The van der Waals surface area contributed by atoms with Gasteiger partial charge in [-0.15, -0.1) is 0 Å². The molecule has 0 saturated carbocycles. The number of amides is 1. The van der Waals surface area contributed by atoms with Gasteiger partial charge in [-0.05, 0) is 6.08 Å². The number of carboxylic acids is 1. The highest BCUT2D eigenvalue weighted by atomic mass is 32.2. The molecule has 0 aliphatic carbocycles. The molecule has 1 aliphatic heterocycles. The van der Waals surface area contributed by atoms with Gasteiger partial charge in [0.15, 0.2) is 4.91 Å². The highest BCUT2D eigenvalue weighted by Gasteiger charge is 2.32. The topological polar surface area (TPSA) is 113 Å². The maximum absolute atomic E-state index is 11.0. The fourth-order valence-corrected chi connectivity index (χ4v) is 1.78. The van der Waals surface area contributed by atoms with E-state index in [1.165, 1.54) is 7.05 Å². The van der Waals surface area contributed by atoms with Crippen LogP contribution >= 0.6 is 0 Å². The van der Waals surface area contributed by atoms with E-state index in [4.69, 9.17) is 5.11 Å². The zero-order valence-corrected chi connectivity index (χ0v) is 7.83. The Bertz CT molecular complexity index is 459. The quantitative estimate of drug-likeness (QED) is 0.584. The molecule has 0 spiro atoms. The van der Waals surface area contributed by atoms with E-state index in [9.17, 15) is 18.0 Å². The average molecular weight is 218 g/mol. The van der Waals surface area contributed by atoms with Crippen molar-refractivity contribution in [3.8, 4) is 0 Å². The number of nitrogens with zero attached hydrogens (tertiary/aromatic N) is 1. The molecular formula is C6H6N2O5S. The van der Waals surface area contributed by atoms with E-state index in [2.05, 4.69) is 9.71 Å². The Balaban J connectivity index is 3.20. The normalized spacial score (nSPS) is 18.4. The third-order valence-electron chi connectivity index (χ3n) is 1.43. The van der Waals surface area contributed by atoms with Gasteiger partial charge in [-0.25, -0.2) is 4.79 Å². The molecule has 0 saturated heterocycles. The first-order chi connectivity index (χ1) is 6.38. The lowest BCUT2D eigenvalue weighted by molar-refractivity contribution is -0.131. The molecule has 14 heavy (non-hydrogen) atoms. The fraction of sp³-hybridized carbons (Fsp3) is 0.167. The lowest BCUT2D eigenvalue weighted by Gasteiger charge is -1.91. The van der Waals surface area contributed by atoms with Crippen LogP contribution in [0.5, 0.6) is 0 Å². The summed E-state index contributed by atoms with van der Waals surface area (Å²) in [4.78, 5) is 20.5. The van der Waals surface area contributed by atoms with Crippen molar-refractivity contribution >= 4 is 27.6 Å². The van der Waals surface area contributed by atoms with Crippen molar-refractivity contribution in [1.82, 2.24) is 5.32 Å². The Morgan fingerprint density at radius 2 is 2.07 bits per heavy atom. The molecule has 1 rings (SSSR count). The van der Waals surface area contributed by atoms with Crippen LogP contribution in [0.3, 0.4) is 0 Å². The molecule has 1 amide bonds. The largest absolute Gasteiger partial charge is 0.477 e. The average Bonchev–Trinajstić information content (AvgIpc) is 2.40. The van der Waals surface area contributed by atoms with Crippen molar-refractivity contribution in [2.75, 3.05) is 7.05 Å². The van der Waals surface area contributed by atoms with Crippen LogP contribution in [0.15, 0.2) is 15.4 Å². The maximum atomic E-state index is 11.0. The van der Waals surface area contributed by atoms with Crippen LogP contribution in [0.4, 0.5) is 0 Å². The second kappa shape index (κ2) is 3.22. The first-order valence-electron chi connectivity index (χ1n) is 3.40. The number of rotatable bonds is 2. The van der Waals surface area contributed by atoms with Crippen LogP contribution in [0.2, 0.25) is 0 Å². The highest BCUT2D eigenvalue weighted by molar-refractivity contribution is 7.95. The number of sulfonamides is 1. The molecule has 0 fully saturated rings. The molecule has 2 N–H and O–H groups in total. The molecule has 0 aromatic carbocycles. The summed E-state index contributed by atoms with van der Waals surface area (Å²) in [6.45, 7) is 0. The van der Waals surface area contributed by atoms with Crippen LogP contribution < -0.4 is 5.32 Å². The lowest BCUT2D eigenvalue weighted by atomic mass is 10.3. The van der Waals surface area contributed by atoms with E-state index in [1.807, 2.05) is 0 Å². The van der Waals surface area contributed by atoms with E-state index in [-0.39, 0.29) is 0 Å². The number of hydrogen-bond acceptors (Lipinski definition) is 4. The van der Waals surface area contributed by atoms with Crippen molar-refractivity contribution in [3.63, 3.8) is 0 Å². The second-order valence-electron chi connectivity index (χ2n) is 2.34. The summed E-state index contributed by atoms with van der Waals surface area (Å²) in [5, 5.41) is 10.6. The monoisotopic (exact) mass is 218 g/mol. The summed E-state index contributed by atoms with van der Waals surface area (Å²) >= 11 is 0. The van der Waals surface area contributed by atoms with Crippen LogP contribution in [0.1, 0.15) is 0 Å². The van der Waals surface area contributed by atoms with Crippen molar-refractivity contribution < 1.29 is 23.1 Å². The van der Waals surface area contributed by atoms with Crippen molar-refractivity contribution in [2.45, 2.75) is 0 Å². The predicted octanol–water partition coefficient (Wildman–Crippen LogP) is -1.51. The minimum Gasteiger partial charge on any atom is -0.477 e. The summed E-state index contributed by atoms with van der Waals surface area (Å²) in [6.07, 6.45) is 0.719. The maximum Gasteiger partial charge on any atom is 0.349 e. The Hall–Kier alpha value is -1.70. The fourth-order valence-electron chi connectivity index (χ4n) is 0.811. The van der Waals surface area contributed by atoms with Gasteiger partial charge in [0.2, 0.25) is 0 Å². The number of aliphatic carboxylic acids is 1. The first-order valence-corrected chi connectivity index (χ1v) is 4.84. The molecule has 0 unspecified atom stereocenters. The van der Waals surface area contributed by atoms with Gasteiger partial charge in [0.25, 0.3) is 15.9 Å². The summed E-state index contributed by atoms with van der Waals surface area (Å²) in [5.41, 5.74) is -0.426. The Kier molecular flexibility index (Phi) is 2.39. The highest BCUT2D eigenvalue weighted by Crippen LogP contribution is 2.16. The van der Waals surface area contributed by atoms with E-state index >= 15 is 0 Å². The standard InChI is InChI=1S/C6H6N2O5S/c1-7-5(9)3-2-4(6(10)11)14(12,13)8-3/h2H,1H3,(H,7,9)(H,10,11). The van der Waals surface area contributed by atoms with Gasteiger partial charge >= 0.3 is 5.97 Å². The zero-order chi connectivity index (χ0) is 10.9. The minimum absolute atomic E-state index is 0.426. The van der Waals surface area contributed by atoms with Gasteiger partial charge < -0.3 is 10.4 Å². The van der Waals surface area contributed by atoms with Gasteiger partial charge in [0, 0.05) is 7.05 Å². The summed E-state index contributed by atoms with van der Waals surface area (Å²) < 4.78 is 25.0. The third kappa shape index (κ3) is 1.64. The van der Waals surface area contributed by atoms with Crippen LogP contribution in [-0.4, -0.2) is 38.2 Å². The molecule has 0 aromatic heterocycles. The molecule has 0 radical (unpaired) electrons. The summed E-state index contributed by atoms with van der Waals surface area (Å²) in [5.74, 6) is -2.38. The molecule has 1 heterocycles. The van der Waals surface area contributed by atoms with E-state index in [1.54, 1.807) is 0 Å². The summed E-state index contributed by atoms with van der Waals surface area (Å²) in [6, 6.07) is 0. The van der Waals surface area contributed by atoms with Crippen LogP contribution in [0, 0.1) is 0 Å². The smallest absolute Gasteiger partial charge is 0.349 e. The van der Waals surface area contributed by atoms with Crippen molar-refractivity contribution in [1.29, 1.82) is 0 Å². The van der Waals surface area contributed by atoms with Gasteiger partial charge in [-0.3, -0.25) is 4.79 Å². The van der Waals surface area contributed by atoms with Gasteiger partial charge in [0.1, 0.15) is 5.71 Å². The molecule has 0 aromatic rings. The van der Waals surface area contributed by atoms with Crippen molar-refractivity contribution in [2.24, 2.45) is 4.40 Å². The molecule has 8 heteroatoms. The van der Waals surface area contributed by atoms with E-state index < -0.39 is 32.5 Å². The predicted molar refractivity (Wildman–Crippen MR) is 46.1 cm³/mol. The zero-order valence-electron chi connectivity index (χ0n) is 7.01. The minimum atomic E-state index is -4.20. The van der Waals surface area contributed by atoms with Crippen LogP contribution in [0.25, 0.3) is 0 Å². The number of nitrogens with one attached hydrogen (secondary N) is 1. The van der Waals surface area contributed by atoms with Gasteiger partial charge in [0.05, 0.1) is 0 Å². The second-order valence-corrected chi connectivity index (χ2v) is 3.92. The molecule has 1 aliphatic rings. The Morgan fingerprint density at radius 3 is 2.43 bits per heavy atom. The molecule has 7 nitrogen and oxygen atoms in total. The molecular weight excluding hydrogens is 212 g/mol. The molecule has 76 valence electrons. The lowest BCUT2D eigenvalue weighted by Crippen LogP contribution is -2.25. The van der Waals surface area contributed by atoms with Gasteiger partial charge in [-0.2, -0.15) is 12.8 Å². The molecule has 0 atom stereocenters.